The maximum atomic E-state index is 12.1. The summed E-state index contributed by atoms with van der Waals surface area (Å²) < 4.78 is 44.7. The third-order valence-corrected chi connectivity index (χ3v) is 3.64. The monoisotopic (exact) mass is 444 g/mol. The molecule has 0 saturated carbocycles. The number of anilines is 1. The van der Waals surface area contributed by atoms with Crippen LogP contribution in [0.3, 0.4) is 0 Å². The largest absolute Gasteiger partial charge is 0.573 e. The van der Waals surface area contributed by atoms with Crippen LogP contribution in [0.1, 0.15) is 5.56 Å². The van der Waals surface area contributed by atoms with E-state index in [2.05, 4.69) is 10.1 Å². The Morgan fingerprint density at radius 2 is 1.83 bits per heavy atom. The molecule has 0 aliphatic heterocycles. The van der Waals surface area contributed by atoms with Crippen molar-refractivity contribution in [1.82, 2.24) is 0 Å². The Morgan fingerprint density at radius 1 is 1.17 bits per heavy atom. The number of non-ortho nitro benzene ring substituents is 1. The van der Waals surface area contributed by atoms with Gasteiger partial charge in [-0.05, 0) is 29.8 Å². The van der Waals surface area contributed by atoms with Crippen LogP contribution >= 0.6 is 11.6 Å². The summed E-state index contributed by atoms with van der Waals surface area (Å²) in [5, 5.41) is 13.1. The van der Waals surface area contributed by atoms with Crippen molar-refractivity contribution in [1.29, 1.82) is 0 Å². The van der Waals surface area contributed by atoms with Gasteiger partial charge in [0.25, 0.3) is 11.6 Å². The smallest absolute Gasteiger partial charge is 0.452 e. The Kier molecular flexibility index (Phi) is 7.37. The number of nitro benzene ring substituents is 1. The van der Waals surface area contributed by atoms with Gasteiger partial charge in [0.15, 0.2) is 6.61 Å². The maximum absolute atomic E-state index is 12.1. The molecular weight excluding hydrogens is 433 g/mol. The number of amides is 1. The fourth-order valence-corrected chi connectivity index (χ4v) is 2.20. The topological polar surface area (TPSA) is 108 Å². The highest BCUT2D eigenvalue weighted by atomic mass is 35.5. The summed E-state index contributed by atoms with van der Waals surface area (Å²) in [7, 11) is 0. The first-order chi connectivity index (χ1) is 14.0. The molecule has 0 radical (unpaired) electrons. The second kappa shape index (κ2) is 9.74. The molecule has 0 bridgehead atoms. The molecule has 158 valence electrons. The lowest BCUT2D eigenvalue weighted by Gasteiger charge is -2.08. The Labute approximate surface area is 172 Å². The number of ether oxygens (including phenoxy) is 2. The lowest BCUT2D eigenvalue weighted by atomic mass is 10.2. The molecule has 0 unspecified atom stereocenters. The number of alkyl halides is 3. The number of nitrogens with one attached hydrogen (secondary N) is 1. The van der Waals surface area contributed by atoms with Crippen LogP contribution in [-0.2, 0) is 14.3 Å². The highest BCUT2D eigenvalue weighted by Crippen LogP contribution is 2.26. The molecule has 0 aromatic heterocycles. The van der Waals surface area contributed by atoms with Crippen LogP contribution in [0.5, 0.6) is 5.75 Å². The standard InChI is InChI=1S/C18H12ClF3N2O6/c19-14-7-4-12(24(27)28)9-15(14)23-16(25)10-29-17(26)8-3-11-1-5-13(6-2-11)30-18(20,21)22/h1-9H,10H2,(H,23,25)/b8-3+. The molecule has 0 aliphatic rings. The molecule has 2 aromatic carbocycles. The lowest BCUT2D eigenvalue weighted by molar-refractivity contribution is -0.384. The summed E-state index contributed by atoms with van der Waals surface area (Å²) >= 11 is 5.84. The van der Waals surface area contributed by atoms with E-state index in [-0.39, 0.29) is 16.4 Å². The van der Waals surface area contributed by atoms with Crippen molar-refractivity contribution in [3.63, 3.8) is 0 Å². The van der Waals surface area contributed by atoms with Crippen LogP contribution in [0.25, 0.3) is 6.08 Å². The first-order valence-corrected chi connectivity index (χ1v) is 8.36. The quantitative estimate of drug-likeness (QED) is 0.294. The van der Waals surface area contributed by atoms with Gasteiger partial charge in [-0.2, -0.15) is 0 Å². The van der Waals surface area contributed by atoms with Gasteiger partial charge in [-0.3, -0.25) is 14.9 Å². The summed E-state index contributed by atoms with van der Waals surface area (Å²) in [6.45, 7) is -0.694. The van der Waals surface area contributed by atoms with E-state index >= 15 is 0 Å². The van der Waals surface area contributed by atoms with Gasteiger partial charge in [0.2, 0.25) is 0 Å². The highest BCUT2D eigenvalue weighted by Gasteiger charge is 2.30. The number of halogens is 4. The van der Waals surface area contributed by atoms with E-state index in [1.54, 1.807) is 0 Å². The SMILES string of the molecule is O=C(COC(=O)/C=C/c1ccc(OC(F)(F)F)cc1)Nc1cc([N+](=O)[O-])ccc1Cl. The van der Waals surface area contributed by atoms with Crippen molar-refractivity contribution < 1.29 is 37.2 Å². The van der Waals surface area contributed by atoms with Gasteiger partial charge < -0.3 is 14.8 Å². The van der Waals surface area contributed by atoms with Crippen molar-refractivity contribution in [3.05, 3.63) is 69.2 Å². The Balaban J connectivity index is 1.86. The van der Waals surface area contributed by atoms with Gasteiger partial charge >= 0.3 is 12.3 Å². The predicted molar refractivity (Wildman–Crippen MR) is 99.9 cm³/mol. The van der Waals surface area contributed by atoms with Crippen LogP contribution in [-0.4, -0.2) is 29.8 Å². The maximum Gasteiger partial charge on any atom is 0.573 e. The molecular formula is C18H12ClF3N2O6. The van der Waals surface area contributed by atoms with Gasteiger partial charge in [-0.25, -0.2) is 4.79 Å². The van der Waals surface area contributed by atoms with Gasteiger partial charge in [-0.15, -0.1) is 13.2 Å². The van der Waals surface area contributed by atoms with Gasteiger partial charge in [-0.1, -0.05) is 23.7 Å². The summed E-state index contributed by atoms with van der Waals surface area (Å²) in [6, 6.07) is 8.13. The second-order valence-electron chi connectivity index (χ2n) is 5.53. The summed E-state index contributed by atoms with van der Waals surface area (Å²) in [5.41, 5.74) is 0.0687. The van der Waals surface area contributed by atoms with E-state index in [1.165, 1.54) is 24.3 Å². The average Bonchev–Trinajstić information content (AvgIpc) is 2.66. The Morgan fingerprint density at radius 3 is 2.43 bits per heavy atom. The minimum absolute atomic E-state index is 0.0244. The number of benzene rings is 2. The lowest BCUT2D eigenvalue weighted by Crippen LogP contribution is -2.20. The first-order valence-electron chi connectivity index (χ1n) is 7.98. The van der Waals surface area contributed by atoms with Crippen LogP contribution in [0.4, 0.5) is 24.5 Å². The van der Waals surface area contributed by atoms with E-state index < -0.39 is 35.5 Å². The fraction of sp³-hybridized carbons (Fsp3) is 0.111. The van der Waals surface area contributed by atoms with E-state index in [9.17, 15) is 32.9 Å². The summed E-state index contributed by atoms with van der Waals surface area (Å²) in [4.78, 5) is 33.6. The first kappa shape index (κ1) is 22.7. The molecule has 2 rings (SSSR count). The molecule has 8 nitrogen and oxygen atoms in total. The zero-order valence-electron chi connectivity index (χ0n) is 14.8. The summed E-state index contributed by atoms with van der Waals surface area (Å²) in [5.74, 6) is -2.10. The van der Waals surface area contributed by atoms with Crippen LogP contribution < -0.4 is 10.1 Å². The molecule has 12 heteroatoms. The van der Waals surface area contributed by atoms with Crippen molar-refractivity contribution in [2.45, 2.75) is 6.36 Å². The normalized spacial score (nSPS) is 11.2. The number of esters is 1. The molecule has 0 spiro atoms. The van der Waals surface area contributed by atoms with Gasteiger partial charge in [0, 0.05) is 18.2 Å². The molecule has 0 heterocycles. The van der Waals surface area contributed by atoms with Gasteiger partial charge in [0.05, 0.1) is 15.6 Å². The minimum Gasteiger partial charge on any atom is -0.452 e. The van der Waals surface area contributed by atoms with Gasteiger partial charge in [0.1, 0.15) is 5.75 Å². The van der Waals surface area contributed by atoms with Crippen molar-refractivity contribution in [3.8, 4) is 5.75 Å². The number of hydrogen-bond acceptors (Lipinski definition) is 6. The number of carbonyl (C=O) groups excluding carboxylic acids is 2. The molecule has 2 aromatic rings. The van der Waals surface area contributed by atoms with E-state index in [4.69, 9.17) is 16.3 Å². The van der Waals surface area contributed by atoms with Crippen molar-refractivity contribution >= 4 is 40.9 Å². The number of nitrogens with zero attached hydrogens (tertiary/aromatic N) is 1. The van der Waals surface area contributed by atoms with Crippen molar-refractivity contribution in [2.24, 2.45) is 0 Å². The average molecular weight is 445 g/mol. The third kappa shape index (κ3) is 7.43. The number of rotatable bonds is 7. The molecule has 0 aliphatic carbocycles. The molecule has 1 N–H and O–H groups in total. The van der Waals surface area contributed by atoms with Crippen LogP contribution in [0.2, 0.25) is 5.02 Å². The van der Waals surface area contributed by atoms with Crippen LogP contribution in [0.15, 0.2) is 48.5 Å². The molecule has 0 fully saturated rings. The van der Waals surface area contributed by atoms with Crippen LogP contribution in [0, 0.1) is 10.1 Å². The molecule has 1 amide bonds. The molecule has 0 saturated heterocycles. The summed E-state index contributed by atoms with van der Waals surface area (Å²) in [6.07, 6.45) is -2.58. The highest BCUT2D eigenvalue weighted by molar-refractivity contribution is 6.33. The van der Waals surface area contributed by atoms with E-state index in [0.717, 1.165) is 30.3 Å². The minimum atomic E-state index is -4.81. The number of carbonyl (C=O) groups is 2. The number of nitro groups is 1. The molecule has 30 heavy (non-hydrogen) atoms. The van der Waals surface area contributed by atoms with Crippen molar-refractivity contribution in [2.75, 3.05) is 11.9 Å². The fourth-order valence-electron chi connectivity index (χ4n) is 2.04. The predicted octanol–water partition coefficient (Wildman–Crippen LogP) is 4.34. The zero-order valence-corrected chi connectivity index (χ0v) is 15.6. The van der Waals surface area contributed by atoms with E-state index in [1.807, 2.05) is 0 Å². The van der Waals surface area contributed by atoms with E-state index in [0.29, 0.717) is 5.56 Å². The third-order valence-electron chi connectivity index (χ3n) is 3.31. The molecule has 0 atom stereocenters. The number of hydrogen-bond donors (Lipinski definition) is 1. The Hall–Kier alpha value is -3.60. The Bertz CT molecular complexity index is 977. The second-order valence-corrected chi connectivity index (χ2v) is 5.93. The zero-order chi connectivity index (χ0) is 22.3.